The second-order valence-electron chi connectivity index (χ2n) is 7.05. The zero-order valence-electron chi connectivity index (χ0n) is 15.9. The van der Waals surface area contributed by atoms with Crippen molar-refractivity contribution < 1.29 is 33.8 Å². The fourth-order valence-corrected chi connectivity index (χ4v) is 3.30. The molecule has 0 spiro atoms. The third-order valence-electron chi connectivity index (χ3n) is 4.79. The fraction of sp³-hybridized carbons (Fsp3) is 0.500. The molecule has 0 bridgehead atoms. The number of ketones is 1. The van der Waals surface area contributed by atoms with Gasteiger partial charge in [-0.25, -0.2) is 4.79 Å². The van der Waals surface area contributed by atoms with Crippen LogP contribution in [0.15, 0.2) is 18.5 Å². The van der Waals surface area contributed by atoms with Crippen LogP contribution in [0.3, 0.4) is 0 Å². The number of aromatic nitrogens is 1. The SMILES string of the molecule is CC(CCC(N)=O)C(C(=O)NC1C(=O)COC1CC(N)=O)n1ccc(C(=O)O)c1. The Balaban J connectivity index is 2.25. The molecule has 1 fully saturated rings. The zero-order chi connectivity index (χ0) is 21.7. The molecule has 29 heavy (non-hydrogen) atoms. The number of carbonyl (C=O) groups is 5. The Labute approximate surface area is 166 Å². The summed E-state index contributed by atoms with van der Waals surface area (Å²) < 4.78 is 6.65. The molecule has 3 amide bonds. The molecule has 2 rings (SSSR count). The maximum absolute atomic E-state index is 13.0. The lowest BCUT2D eigenvalue weighted by Gasteiger charge is -2.27. The summed E-state index contributed by atoms with van der Waals surface area (Å²) in [5, 5.41) is 11.7. The minimum Gasteiger partial charge on any atom is -0.478 e. The van der Waals surface area contributed by atoms with Crippen LogP contribution in [0.4, 0.5) is 0 Å². The Hall–Kier alpha value is -3.21. The molecular formula is C18H24N4O7. The average Bonchev–Trinajstić information content (AvgIpc) is 3.22. The molecule has 11 heteroatoms. The minimum atomic E-state index is -1.16. The van der Waals surface area contributed by atoms with Crippen LogP contribution in [0.5, 0.6) is 0 Å². The summed E-state index contributed by atoms with van der Waals surface area (Å²) in [7, 11) is 0. The molecule has 1 aliphatic heterocycles. The maximum atomic E-state index is 13.0. The van der Waals surface area contributed by atoms with E-state index in [1.54, 1.807) is 6.92 Å². The summed E-state index contributed by atoms with van der Waals surface area (Å²) in [6.07, 6.45) is 1.93. The van der Waals surface area contributed by atoms with E-state index in [0.29, 0.717) is 0 Å². The number of aromatic carboxylic acids is 1. The van der Waals surface area contributed by atoms with Crippen LogP contribution >= 0.6 is 0 Å². The van der Waals surface area contributed by atoms with Gasteiger partial charge in [0.1, 0.15) is 18.7 Å². The Morgan fingerprint density at radius 2 is 2.00 bits per heavy atom. The van der Waals surface area contributed by atoms with Crippen molar-refractivity contribution in [3.05, 3.63) is 24.0 Å². The van der Waals surface area contributed by atoms with E-state index in [1.807, 2.05) is 0 Å². The lowest BCUT2D eigenvalue weighted by Crippen LogP contribution is -2.49. The number of carboxylic acid groups (broad SMARTS) is 1. The predicted octanol–water partition coefficient (Wildman–Crippen LogP) is -1.04. The molecule has 158 valence electrons. The van der Waals surface area contributed by atoms with Crippen LogP contribution < -0.4 is 16.8 Å². The van der Waals surface area contributed by atoms with Crippen molar-refractivity contribution in [2.75, 3.05) is 6.61 Å². The van der Waals surface area contributed by atoms with Crippen molar-refractivity contribution >= 4 is 29.5 Å². The van der Waals surface area contributed by atoms with Gasteiger partial charge in [0.15, 0.2) is 5.78 Å². The Kier molecular flexibility index (Phi) is 7.10. The van der Waals surface area contributed by atoms with E-state index in [4.69, 9.17) is 21.3 Å². The number of rotatable bonds is 10. The Morgan fingerprint density at radius 3 is 2.55 bits per heavy atom. The van der Waals surface area contributed by atoms with Crippen molar-refractivity contribution in [1.82, 2.24) is 9.88 Å². The first-order chi connectivity index (χ1) is 13.6. The van der Waals surface area contributed by atoms with Gasteiger partial charge >= 0.3 is 5.97 Å². The number of nitrogens with two attached hydrogens (primary N) is 2. The van der Waals surface area contributed by atoms with E-state index >= 15 is 0 Å². The standard InChI is InChI=1S/C18H24N4O7/c1-9(2-3-13(19)24)16(22-5-4-10(7-22)18(27)28)17(26)21-15-11(23)8-29-12(15)6-14(20)25/h4-5,7,9,12,15-16H,2-3,6,8H2,1H3,(H2,19,24)(H2,20,25)(H,21,26)(H,27,28). The van der Waals surface area contributed by atoms with Crippen LogP contribution in [-0.2, 0) is 23.9 Å². The van der Waals surface area contributed by atoms with Gasteiger partial charge in [-0.2, -0.15) is 0 Å². The molecule has 4 atom stereocenters. The molecule has 0 aromatic carbocycles. The van der Waals surface area contributed by atoms with Crippen LogP contribution in [0.2, 0.25) is 0 Å². The Bertz CT molecular complexity index is 819. The monoisotopic (exact) mass is 408 g/mol. The summed E-state index contributed by atoms with van der Waals surface area (Å²) >= 11 is 0. The highest BCUT2D eigenvalue weighted by atomic mass is 16.5. The second kappa shape index (κ2) is 9.32. The molecule has 0 aliphatic carbocycles. The third-order valence-corrected chi connectivity index (χ3v) is 4.79. The van der Waals surface area contributed by atoms with Crippen molar-refractivity contribution in [3.8, 4) is 0 Å². The number of primary amides is 2. The van der Waals surface area contributed by atoms with E-state index in [-0.39, 0.29) is 31.4 Å². The number of hydrogen-bond donors (Lipinski definition) is 4. The van der Waals surface area contributed by atoms with Gasteiger partial charge < -0.3 is 31.2 Å². The summed E-state index contributed by atoms with van der Waals surface area (Å²) in [4.78, 5) is 58.6. The quantitative estimate of drug-likeness (QED) is 0.381. The number of carboxylic acids is 1. The van der Waals surface area contributed by atoms with E-state index in [0.717, 1.165) is 0 Å². The first-order valence-electron chi connectivity index (χ1n) is 9.02. The number of nitrogens with zero attached hydrogens (tertiary/aromatic N) is 1. The minimum absolute atomic E-state index is 0.0169. The van der Waals surface area contributed by atoms with Crippen LogP contribution in [0.1, 0.15) is 42.6 Å². The van der Waals surface area contributed by atoms with E-state index in [9.17, 15) is 24.0 Å². The third kappa shape index (κ3) is 5.64. The number of carbonyl (C=O) groups excluding carboxylic acids is 4. The molecule has 0 saturated carbocycles. The molecule has 1 aliphatic rings. The Morgan fingerprint density at radius 1 is 1.31 bits per heavy atom. The number of amides is 3. The van der Waals surface area contributed by atoms with Crippen molar-refractivity contribution in [2.45, 2.75) is 44.4 Å². The van der Waals surface area contributed by atoms with Gasteiger partial charge in [0.05, 0.1) is 18.1 Å². The molecule has 1 saturated heterocycles. The highest BCUT2D eigenvalue weighted by Gasteiger charge is 2.40. The number of nitrogens with one attached hydrogen (secondary N) is 1. The van der Waals surface area contributed by atoms with Crippen molar-refractivity contribution in [3.63, 3.8) is 0 Å². The first kappa shape index (κ1) is 22.1. The number of ether oxygens (including phenoxy) is 1. The number of Topliss-reactive ketones (excluding diaryl/α,β-unsaturated/α-hetero) is 1. The van der Waals surface area contributed by atoms with Gasteiger partial charge in [-0.3, -0.25) is 19.2 Å². The summed E-state index contributed by atoms with van der Waals surface area (Å²) in [5.74, 6) is -3.75. The lowest BCUT2D eigenvalue weighted by atomic mass is 9.94. The maximum Gasteiger partial charge on any atom is 0.337 e. The van der Waals surface area contributed by atoms with Crippen molar-refractivity contribution in [1.29, 1.82) is 0 Å². The average molecular weight is 408 g/mol. The molecular weight excluding hydrogens is 384 g/mol. The summed E-state index contributed by atoms with van der Waals surface area (Å²) in [6, 6.07) is -0.621. The topological polar surface area (TPSA) is 184 Å². The first-order valence-corrected chi connectivity index (χ1v) is 9.02. The summed E-state index contributed by atoms with van der Waals surface area (Å²) in [6.45, 7) is 1.46. The highest BCUT2D eigenvalue weighted by molar-refractivity contribution is 5.94. The van der Waals surface area contributed by atoms with E-state index < -0.39 is 53.6 Å². The fourth-order valence-electron chi connectivity index (χ4n) is 3.30. The molecule has 2 heterocycles. The lowest BCUT2D eigenvalue weighted by molar-refractivity contribution is -0.130. The van der Waals surface area contributed by atoms with Gasteiger partial charge in [0.2, 0.25) is 17.7 Å². The normalized spacial score (nSPS) is 20.8. The van der Waals surface area contributed by atoms with Crippen LogP contribution in [-0.4, -0.2) is 57.9 Å². The molecule has 4 unspecified atom stereocenters. The van der Waals surface area contributed by atoms with Gasteiger partial charge in [-0.15, -0.1) is 0 Å². The van der Waals surface area contributed by atoms with Crippen molar-refractivity contribution in [2.24, 2.45) is 17.4 Å². The zero-order valence-corrected chi connectivity index (χ0v) is 15.9. The highest BCUT2D eigenvalue weighted by Crippen LogP contribution is 2.25. The predicted molar refractivity (Wildman–Crippen MR) is 98.5 cm³/mol. The van der Waals surface area contributed by atoms with Gasteiger partial charge in [0.25, 0.3) is 0 Å². The van der Waals surface area contributed by atoms with E-state index in [2.05, 4.69) is 5.32 Å². The molecule has 1 aromatic rings. The molecule has 0 radical (unpaired) electrons. The smallest absolute Gasteiger partial charge is 0.337 e. The van der Waals surface area contributed by atoms with Crippen LogP contribution in [0.25, 0.3) is 0 Å². The van der Waals surface area contributed by atoms with Gasteiger partial charge in [-0.1, -0.05) is 6.92 Å². The number of hydrogen-bond acceptors (Lipinski definition) is 6. The molecule has 1 aromatic heterocycles. The second-order valence-corrected chi connectivity index (χ2v) is 7.05. The van der Waals surface area contributed by atoms with E-state index in [1.165, 1.54) is 23.0 Å². The van der Waals surface area contributed by atoms with Gasteiger partial charge in [0, 0.05) is 18.8 Å². The van der Waals surface area contributed by atoms with Gasteiger partial charge in [-0.05, 0) is 18.4 Å². The summed E-state index contributed by atoms with van der Waals surface area (Å²) in [5.41, 5.74) is 10.3. The molecule has 11 nitrogen and oxygen atoms in total. The van der Waals surface area contributed by atoms with Crippen LogP contribution in [0, 0.1) is 5.92 Å². The largest absolute Gasteiger partial charge is 0.478 e. The molecule has 6 N–H and O–H groups in total.